The first-order valence-electron chi connectivity index (χ1n) is 5.25. The predicted octanol–water partition coefficient (Wildman–Crippen LogP) is 1.51. The number of rotatable bonds is 10. The van der Waals surface area contributed by atoms with Gasteiger partial charge >= 0.3 is 11.9 Å². The second-order valence-corrected chi connectivity index (χ2v) is 4.61. The molecule has 7 heteroatoms. The van der Waals surface area contributed by atoms with Gasteiger partial charge in [-0.25, -0.2) is 0 Å². The maximum absolute atomic E-state index is 10.9. The highest BCUT2D eigenvalue weighted by Crippen LogP contribution is 2.06. The summed E-state index contributed by atoms with van der Waals surface area (Å²) in [4.78, 5) is 21.9. The molecule has 0 unspecified atom stereocenters. The summed E-state index contributed by atoms with van der Waals surface area (Å²) in [7, 11) is 0. The molecule has 0 N–H and O–H groups in total. The lowest BCUT2D eigenvalue weighted by Crippen LogP contribution is -2.09. The van der Waals surface area contributed by atoms with Gasteiger partial charge in [0.2, 0.25) is 0 Å². The predicted molar refractivity (Wildman–Crippen MR) is 69.0 cm³/mol. The summed E-state index contributed by atoms with van der Waals surface area (Å²) in [5.41, 5.74) is 0. The Kier molecular flexibility index (Phi) is 11.8. The third kappa shape index (κ3) is 11.9. The smallest absolute Gasteiger partial charge is 0.315 e. The Hall–Kier alpha value is -0.400. The third-order valence-electron chi connectivity index (χ3n) is 1.38. The zero-order chi connectivity index (χ0) is 12.9. The van der Waals surface area contributed by atoms with E-state index in [0.717, 1.165) is 0 Å². The van der Waals surface area contributed by atoms with Gasteiger partial charge in [0.15, 0.2) is 0 Å². The van der Waals surface area contributed by atoms with E-state index >= 15 is 0 Å². The fourth-order valence-corrected chi connectivity index (χ4v) is 1.98. The van der Waals surface area contributed by atoms with E-state index in [0.29, 0.717) is 25.1 Å². The number of carbonyl (C=O) groups is 2. The monoisotopic (exact) mass is 286 g/mol. The van der Waals surface area contributed by atoms with E-state index in [1.807, 2.05) is 0 Å². The minimum atomic E-state index is -0.236. The lowest BCUT2D eigenvalue weighted by Gasteiger charge is -2.04. The molecular formula is C10H18O5S2. The van der Waals surface area contributed by atoms with Gasteiger partial charge in [-0.1, -0.05) is 0 Å². The highest BCUT2D eigenvalue weighted by atomic mass is 32.2. The first-order valence-corrected chi connectivity index (χ1v) is 7.56. The van der Waals surface area contributed by atoms with Crippen LogP contribution < -0.4 is 0 Å². The van der Waals surface area contributed by atoms with Crippen molar-refractivity contribution in [2.45, 2.75) is 13.8 Å². The third-order valence-corrected chi connectivity index (χ3v) is 2.93. The zero-order valence-electron chi connectivity index (χ0n) is 10.1. The van der Waals surface area contributed by atoms with E-state index in [4.69, 9.17) is 14.2 Å². The lowest BCUT2D eigenvalue weighted by atomic mass is 10.9. The van der Waals surface area contributed by atoms with Crippen LogP contribution in [0.4, 0.5) is 0 Å². The van der Waals surface area contributed by atoms with Crippen molar-refractivity contribution in [2.24, 2.45) is 0 Å². The summed E-state index contributed by atoms with van der Waals surface area (Å²) < 4.78 is 14.7. The number of hydrogen-bond acceptors (Lipinski definition) is 7. The topological polar surface area (TPSA) is 61.8 Å². The number of esters is 2. The molecule has 0 aromatic heterocycles. The van der Waals surface area contributed by atoms with Gasteiger partial charge in [-0.3, -0.25) is 9.59 Å². The SMILES string of the molecule is CCO[13C](=O)[13CH2]SCOCS[13CH2][13C](=O)OCC. The number of ether oxygens (including phenoxy) is 3. The van der Waals surface area contributed by atoms with E-state index in [9.17, 15) is 9.59 Å². The van der Waals surface area contributed by atoms with Crippen LogP contribution in [-0.4, -0.2) is 48.5 Å². The van der Waals surface area contributed by atoms with Gasteiger partial charge in [-0.2, -0.15) is 0 Å². The Morgan fingerprint density at radius 3 is 1.65 bits per heavy atom. The van der Waals surface area contributed by atoms with Crippen LogP contribution in [0.3, 0.4) is 0 Å². The minimum Gasteiger partial charge on any atom is -0.465 e. The zero-order valence-corrected chi connectivity index (χ0v) is 11.7. The summed E-state index contributed by atoms with van der Waals surface area (Å²) in [6.45, 7) is 4.33. The van der Waals surface area contributed by atoms with Crippen LogP contribution in [0.1, 0.15) is 13.8 Å². The molecule has 0 aromatic carbocycles. The van der Waals surface area contributed by atoms with Crippen LogP contribution in [0.5, 0.6) is 0 Å². The van der Waals surface area contributed by atoms with Crippen molar-refractivity contribution in [3.63, 3.8) is 0 Å². The van der Waals surface area contributed by atoms with Gasteiger partial charge in [0.25, 0.3) is 0 Å². The molecule has 0 aliphatic rings. The summed E-state index contributed by atoms with van der Waals surface area (Å²) in [5, 5.41) is 0. The van der Waals surface area contributed by atoms with E-state index < -0.39 is 0 Å². The molecule has 0 bridgehead atoms. The molecule has 5 nitrogen and oxygen atoms in total. The fourth-order valence-electron chi connectivity index (χ4n) is 0.807. The summed E-state index contributed by atoms with van der Waals surface area (Å²) >= 11 is 2.69. The first kappa shape index (κ1) is 16.6. The Morgan fingerprint density at radius 2 is 1.29 bits per heavy atom. The molecule has 0 saturated heterocycles. The van der Waals surface area contributed by atoms with E-state index in [2.05, 4.69) is 0 Å². The Balaban J connectivity index is 3.18. The van der Waals surface area contributed by atoms with Crippen molar-refractivity contribution in [2.75, 3.05) is 36.6 Å². The summed E-state index contributed by atoms with van der Waals surface area (Å²) in [6.07, 6.45) is 0. The average Bonchev–Trinajstić information content (AvgIpc) is 2.28. The molecular weight excluding hydrogens is 268 g/mol. The molecule has 0 radical (unpaired) electrons. The lowest BCUT2D eigenvalue weighted by molar-refractivity contribution is -0.140. The highest BCUT2D eigenvalue weighted by molar-refractivity contribution is 8.00. The summed E-state index contributed by atoms with van der Waals surface area (Å²) in [5.74, 6) is 0.927. The van der Waals surface area contributed by atoms with Crippen molar-refractivity contribution in [1.82, 2.24) is 0 Å². The molecule has 0 aromatic rings. The second-order valence-electron chi connectivity index (χ2n) is 2.75. The highest BCUT2D eigenvalue weighted by Gasteiger charge is 2.02. The van der Waals surface area contributed by atoms with Crippen molar-refractivity contribution in [1.29, 1.82) is 0 Å². The van der Waals surface area contributed by atoms with Crippen LogP contribution >= 0.6 is 23.5 Å². The number of thioether (sulfide) groups is 2. The first-order chi connectivity index (χ1) is 8.20. The van der Waals surface area contributed by atoms with Crippen LogP contribution in [0, 0.1) is 0 Å². The van der Waals surface area contributed by atoms with Gasteiger partial charge in [0, 0.05) is 0 Å². The van der Waals surface area contributed by atoms with Crippen LogP contribution in [0.25, 0.3) is 0 Å². The molecule has 0 aliphatic carbocycles. The fraction of sp³-hybridized carbons (Fsp3) is 0.800. The Morgan fingerprint density at radius 1 is 0.882 bits per heavy atom. The summed E-state index contributed by atoms with van der Waals surface area (Å²) in [6, 6.07) is 0. The quantitative estimate of drug-likeness (QED) is 0.261. The van der Waals surface area contributed by atoms with Crippen LogP contribution in [-0.2, 0) is 23.8 Å². The number of hydrogen-bond donors (Lipinski definition) is 0. The van der Waals surface area contributed by atoms with Crippen molar-refractivity contribution in [3.05, 3.63) is 0 Å². The van der Waals surface area contributed by atoms with Crippen LogP contribution in [0.15, 0.2) is 0 Å². The Bertz CT molecular complexity index is 201. The van der Waals surface area contributed by atoms with Crippen molar-refractivity contribution >= 4 is 35.5 Å². The second kappa shape index (κ2) is 12.1. The average molecular weight is 286 g/mol. The van der Waals surface area contributed by atoms with Gasteiger partial charge < -0.3 is 14.2 Å². The van der Waals surface area contributed by atoms with Gasteiger partial charge in [0.1, 0.15) is 0 Å². The minimum absolute atomic E-state index is 0.236. The molecule has 0 amide bonds. The maximum Gasteiger partial charge on any atom is 0.315 e. The van der Waals surface area contributed by atoms with Crippen LogP contribution in [0.2, 0.25) is 0 Å². The Labute approximate surface area is 110 Å². The molecule has 100 valence electrons. The van der Waals surface area contributed by atoms with E-state index in [1.165, 1.54) is 23.5 Å². The molecule has 0 aliphatic heterocycles. The largest absolute Gasteiger partial charge is 0.465 e. The van der Waals surface area contributed by atoms with E-state index in [-0.39, 0.29) is 23.4 Å². The maximum atomic E-state index is 10.9. The molecule has 0 fully saturated rings. The molecule has 0 spiro atoms. The van der Waals surface area contributed by atoms with Crippen molar-refractivity contribution < 1.29 is 23.8 Å². The molecule has 0 rings (SSSR count). The van der Waals surface area contributed by atoms with Gasteiger partial charge in [0.05, 0.1) is 36.6 Å². The molecule has 0 heterocycles. The van der Waals surface area contributed by atoms with E-state index in [1.54, 1.807) is 13.8 Å². The van der Waals surface area contributed by atoms with Gasteiger partial charge in [-0.05, 0) is 13.8 Å². The van der Waals surface area contributed by atoms with Crippen molar-refractivity contribution in [3.8, 4) is 0 Å². The normalized spacial score (nSPS) is 10.0. The van der Waals surface area contributed by atoms with Gasteiger partial charge in [-0.15, -0.1) is 23.5 Å². The molecule has 0 saturated carbocycles. The standard InChI is InChI=1S/C10H18O5S2/c1-3-14-9(11)5-16-7-13-8-17-6-10(12)15-4-2/h3-8H2,1-2H3/i5+1,6+1,9+1,10+1. The molecule has 17 heavy (non-hydrogen) atoms. The number of carbonyl (C=O) groups excluding carboxylic acids is 2. The molecule has 0 atom stereocenters.